The molecule has 0 atom stereocenters. The maximum atomic E-state index is 5.55. The molecule has 2 N–H and O–H groups in total. The van der Waals surface area contributed by atoms with Crippen LogP contribution >= 0.6 is 0 Å². The molecule has 2 nitrogen and oxygen atoms in total. The number of benzene rings is 1. The number of rotatable bonds is 8. The van der Waals surface area contributed by atoms with E-state index in [1.807, 2.05) is 0 Å². The van der Waals surface area contributed by atoms with Crippen molar-refractivity contribution in [1.29, 1.82) is 0 Å². The van der Waals surface area contributed by atoms with Crippen molar-refractivity contribution in [2.24, 2.45) is 5.73 Å². The number of nitrogens with zero attached hydrogens (tertiary/aromatic N) is 1. The zero-order valence-electron chi connectivity index (χ0n) is 11.3. The largest absolute Gasteiger partial charge is 0.330 e. The van der Waals surface area contributed by atoms with Crippen LogP contribution < -0.4 is 5.73 Å². The monoisotopic (exact) mass is 234 g/mol. The van der Waals surface area contributed by atoms with Crippen LogP contribution in [0.15, 0.2) is 24.3 Å². The summed E-state index contributed by atoms with van der Waals surface area (Å²) in [5.41, 5.74) is 8.30. The van der Waals surface area contributed by atoms with Crippen molar-refractivity contribution < 1.29 is 0 Å². The van der Waals surface area contributed by atoms with Crippen LogP contribution in [0.3, 0.4) is 0 Å². The minimum absolute atomic E-state index is 0.733. The fourth-order valence-electron chi connectivity index (χ4n) is 2.14. The smallest absolute Gasteiger partial charge is 0.0233 e. The molecule has 0 unspecified atom stereocenters. The predicted molar refractivity (Wildman–Crippen MR) is 75.1 cm³/mol. The normalized spacial score (nSPS) is 11.1. The molecule has 0 aliphatic rings. The van der Waals surface area contributed by atoms with Gasteiger partial charge in [0.05, 0.1) is 0 Å². The van der Waals surface area contributed by atoms with Crippen molar-refractivity contribution in [2.45, 2.75) is 39.7 Å². The first-order valence-corrected chi connectivity index (χ1v) is 6.80. The molecular formula is C15H26N2. The quantitative estimate of drug-likeness (QED) is 0.749. The van der Waals surface area contributed by atoms with Gasteiger partial charge in [-0.05, 0) is 50.0 Å². The lowest BCUT2D eigenvalue weighted by molar-refractivity contribution is 0.266. The topological polar surface area (TPSA) is 29.3 Å². The second-order valence-corrected chi connectivity index (χ2v) is 4.63. The van der Waals surface area contributed by atoms with Crippen LogP contribution in [-0.4, -0.2) is 24.5 Å². The second-order valence-electron chi connectivity index (χ2n) is 4.63. The van der Waals surface area contributed by atoms with Crippen LogP contribution in [0.4, 0.5) is 0 Å². The van der Waals surface area contributed by atoms with Gasteiger partial charge < -0.3 is 5.73 Å². The van der Waals surface area contributed by atoms with E-state index in [1.54, 1.807) is 0 Å². The summed E-state index contributed by atoms with van der Waals surface area (Å²) in [7, 11) is 0. The maximum Gasteiger partial charge on any atom is 0.0233 e. The van der Waals surface area contributed by atoms with Crippen molar-refractivity contribution in [3.8, 4) is 0 Å². The van der Waals surface area contributed by atoms with Crippen molar-refractivity contribution in [1.82, 2.24) is 4.90 Å². The van der Waals surface area contributed by atoms with E-state index < -0.39 is 0 Å². The van der Waals surface area contributed by atoms with E-state index in [4.69, 9.17) is 5.73 Å². The van der Waals surface area contributed by atoms with Crippen molar-refractivity contribution in [2.75, 3.05) is 19.6 Å². The molecule has 0 heterocycles. The molecule has 0 amide bonds. The van der Waals surface area contributed by atoms with E-state index in [-0.39, 0.29) is 0 Å². The Hall–Kier alpha value is -0.860. The lowest BCUT2D eigenvalue weighted by Crippen LogP contribution is -2.24. The molecular weight excluding hydrogens is 208 g/mol. The first-order valence-electron chi connectivity index (χ1n) is 6.80. The summed E-state index contributed by atoms with van der Waals surface area (Å²) >= 11 is 0. The third kappa shape index (κ3) is 5.33. The third-order valence-electron chi connectivity index (χ3n) is 2.94. The number of nitrogens with two attached hydrogens (primary N) is 1. The third-order valence-corrected chi connectivity index (χ3v) is 2.94. The van der Waals surface area contributed by atoms with E-state index in [0.29, 0.717) is 0 Å². The van der Waals surface area contributed by atoms with Gasteiger partial charge in [0.15, 0.2) is 0 Å². The lowest BCUT2D eigenvalue weighted by atomic mass is 10.1. The summed E-state index contributed by atoms with van der Waals surface area (Å²) in [6.45, 7) is 8.68. The Morgan fingerprint density at radius 3 is 1.94 bits per heavy atom. The van der Waals surface area contributed by atoms with E-state index >= 15 is 0 Å². The van der Waals surface area contributed by atoms with Crippen LogP contribution in [-0.2, 0) is 13.0 Å². The second kappa shape index (κ2) is 8.26. The summed E-state index contributed by atoms with van der Waals surface area (Å²) in [6.07, 6.45) is 3.43. The van der Waals surface area contributed by atoms with E-state index in [9.17, 15) is 0 Å². The van der Waals surface area contributed by atoms with Gasteiger partial charge in [-0.15, -0.1) is 0 Å². The Kier molecular flexibility index (Phi) is 6.90. The molecule has 2 heteroatoms. The van der Waals surface area contributed by atoms with Crippen molar-refractivity contribution in [3.05, 3.63) is 35.4 Å². The van der Waals surface area contributed by atoms with Crippen LogP contribution in [0.5, 0.6) is 0 Å². The molecule has 1 aromatic carbocycles. The van der Waals surface area contributed by atoms with Gasteiger partial charge >= 0.3 is 0 Å². The summed E-state index contributed by atoms with van der Waals surface area (Å²) in [6, 6.07) is 8.89. The average Bonchev–Trinajstić information content (AvgIpc) is 2.33. The molecule has 0 aliphatic carbocycles. The molecule has 0 radical (unpaired) electrons. The first kappa shape index (κ1) is 14.2. The minimum atomic E-state index is 0.733. The Bertz CT molecular complexity index is 286. The first-order chi connectivity index (χ1) is 8.30. The maximum absolute atomic E-state index is 5.55. The molecule has 0 saturated heterocycles. The zero-order chi connectivity index (χ0) is 12.5. The molecule has 96 valence electrons. The van der Waals surface area contributed by atoms with Crippen molar-refractivity contribution in [3.63, 3.8) is 0 Å². The molecule has 0 saturated carbocycles. The fraction of sp³-hybridized carbons (Fsp3) is 0.600. The van der Waals surface area contributed by atoms with Gasteiger partial charge in [0.2, 0.25) is 0 Å². The Labute approximate surface area is 106 Å². The molecule has 0 aromatic heterocycles. The van der Waals surface area contributed by atoms with Crippen LogP contribution in [0.1, 0.15) is 37.8 Å². The molecule has 17 heavy (non-hydrogen) atoms. The Balaban J connectivity index is 2.53. The lowest BCUT2D eigenvalue weighted by Gasteiger charge is -2.21. The predicted octanol–water partition coefficient (Wildman–Crippen LogP) is 2.81. The highest BCUT2D eigenvalue weighted by atomic mass is 15.1. The average molecular weight is 234 g/mol. The molecule has 1 rings (SSSR count). The minimum Gasteiger partial charge on any atom is -0.330 e. The van der Waals surface area contributed by atoms with Gasteiger partial charge in [-0.2, -0.15) is 0 Å². The molecule has 1 aromatic rings. The van der Waals surface area contributed by atoms with Crippen LogP contribution in [0, 0.1) is 0 Å². The molecule has 0 aliphatic heterocycles. The van der Waals surface area contributed by atoms with Gasteiger partial charge in [-0.25, -0.2) is 0 Å². The van der Waals surface area contributed by atoms with E-state index in [0.717, 1.165) is 19.5 Å². The standard InChI is InChI=1S/C15H26N2/c1-3-11-17(12-4-2)13-15-7-5-14(6-8-15)9-10-16/h5-8H,3-4,9-13,16H2,1-2H3. The van der Waals surface area contributed by atoms with Crippen LogP contribution in [0.25, 0.3) is 0 Å². The zero-order valence-corrected chi connectivity index (χ0v) is 11.3. The number of hydrogen-bond acceptors (Lipinski definition) is 2. The van der Waals surface area contributed by atoms with Crippen molar-refractivity contribution >= 4 is 0 Å². The number of hydrogen-bond donors (Lipinski definition) is 1. The summed E-state index contributed by atoms with van der Waals surface area (Å²) in [4.78, 5) is 2.53. The SMILES string of the molecule is CCCN(CCC)Cc1ccc(CCN)cc1. The highest BCUT2D eigenvalue weighted by Crippen LogP contribution is 2.09. The molecule has 0 bridgehead atoms. The van der Waals surface area contributed by atoms with Crippen LogP contribution in [0.2, 0.25) is 0 Å². The van der Waals surface area contributed by atoms with Gasteiger partial charge in [-0.1, -0.05) is 38.1 Å². The highest BCUT2D eigenvalue weighted by molar-refractivity contribution is 5.22. The van der Waals surface area contributed by atoms with Gasteiger partial charge in [0.25, 0.3) is 0 Å². The Morgan fingerprint density at radius 2 is 1.47 bits per heavy atom. The summed E-state index contributed by atoms with van der Waals surface area (Å²) < 4.78 is 0. The summed E-state index contributed by atoms with van der Waals surface area (Å²) in [5, 5.41) is 0. The van der Waals surface area contributed by atoms with Gasteiger partial charge in [0.1, 0.15) is 0 Å². The molecule has 0 fully saturated rings. The van der Waals surface area contributed by atoms with E-state index in [2.05, 4.69) is 43.0 Å². The highest BCUT2D eigenvalue weighted by Gasteiger charge is 2.03. The molecule has 0 spiro atoms. The van der Waals surface area contributed by atoms with E-state index in [1.165, 1.54) is 37.1 Å². The Morgan fingerprint density at radius 1 is 0.941 bits per heavy atom. The van der Waals surface area contributed by atoms with Gasteiger partial charge in [0, 0.05) is 6.54 Å². The summed E-state index contributed by atoms with van der Waals surface area (Å²) in [5.74, 6) is 0. The van der Waals surface area contributed by atoms with Gasteiger partial charge in [-0.3, -0.25) is 4.90 Å². The fourth-order valence-corrected chi connectivity index (χ4v) is 2.14.